The summed E-state index contributed by atoms with van der Waals surface area (Å²) in [6.07, 6.45) is 2.95. The molecule has 104 valence electrons. The molecule has 6 nitrogen and oxygen atoms in total. The molecule has 1 aromatic carbocycles. The fourth-order valence-electron chi connectivity index (χ4n) is 1.44. The number of hydrogen-bond donors (Lipinski definition) is 0. The second kappa shape index (κ2) is 5.91. The van der Waals surface area contributed by atoms with Gasteiger partial charge in [0.1, 0.15) is 11.5 Å². The summed E-state index contributed by atoms with van der Waals surface area (Å²) >= 11 is 0. The van der Waals surface area contributed by atoms with Crippen LogP contribution >= 0.6 is 0 Å². The molecule has 0 spiro atoms. The molecular weight excluding hydrogens is 274 g/mol. The number of aromatic nitrogens is 1. The van der Waals surface area contributed by atoms with E-state index in [0.29, 0.717) is 5.75 Å². The predicted octanol–water partition coefficient (Wildman–Crippen LogP) is 3.38. The maximum Gasteiger partial charge on any atom is 0.387 e. The molecule has 1 heterocycles. The van der Waals surface area contributed by atoms with E-state index in [-0.39, 0.29) is 5.75 Å². The minimum absolute atomic E-state index is 0.124. The Kier molecular flexibility index (Phi) is 4.04. The molecule has 0 atom stereocenters. The van der Waals surface area contributed by atoms with Crippen LogP contribution < -0.4 is 9.47 Å². The van der Waals surface area contributed by atoms with Gasteiger partial charge in [-0.2, -0.15) is 8.78 Å². The van der Waals surface area contributed by atoms with Crippen molar-refractivity contribution >= 4 is 5.69 Å². The summed E-state index contributed by atoms with van der Waals surface area (Å²) in [6, 6.07) is 6.56. The summed E-state index contributed by atoms with van der Waals surface area (Å²) in [5, 5.41) is 10.7. The number of nitro benzene ring substituents is 1. The third kappa shape index (κ3) is 3.37. The van der Waals surface area contributed by atoms with E-state index in [0.717, 1.165) is 12.1 Å². The molecule has 0 radical (unpaired) electrons. The van der Waals surface area contributed by atoms with Gasteiger partial charge >= 0.3 is 12.3 Å². The predicted molar refractivity (Wildman–Crippen MR) is 64.0 cm³/mol. The van der Waals surface area contributed by atoms with Crippen LogP contribution in [0.25, 0.3) is 0 Å². The number of alkyl halides is 2. The Balaban J connectivity index is 2.29. The first-order valence-electron chi connectivity index (χ1n) is 5.37. The van der Waals surface area contributed by atoms with Crippen molar-refractivity contribution in [2.24, 2.45) is 0 Å². The van der Waals surface area contributed by atoms with Gasteiger partial charge in [-0.1, -0.05) is 0 Å². The number of hydrogen-bond acceptors (Lipinski definition) is 5. The maximum absolute atomic E-state index is 12.2. The van der Waals surface area contributed by atoms with Crippen LogP contribution in [0.15, 0.2) is 42.7 Å². The van der Waals surface area contributed by atoms with Gasteiger partial charge in [-0.05, 0) is 18.2 Å². The molecule has 0 fully saturated rings. The molecule has 20 heavy (non-hydrogen) atoms. The number of halogens is 2. The number of nitro groups is 1. The molecule has 8 heteroatoms. The zero-order valence-electron chi connectivity index (χ0n) is 9.90. The largest absolute Gasteiger partial charge is 0.456 e. The smallest absolute Gasteiger partial charge is 0.387 e. The van der Waals surface area contributed by atoms with Gasteiger partial charge in [0.05, 0.1) is 11.1 Å². The Hall–Kier alpha value is -2.77. The van der Waals surface area contributed by atoms with Crippen LogP contribution in [0.1, 0.15) is 0 Å². The number of ether oxygens (including phenoxy) is 2. The zero-order valence-corrected chi connectivity index (χ0v) is 9.90. The van der Waals surface area contributed by atoms with E-state index in [9.17, 15) is 18.9 Å². The van der Waals surface area contributed by atoms with Gasteiger partial charge in [0.25, 0.3) is 0 Å². The van der Waals surface area contributed by atoms with Gasteiger partial charge in [0.15, 0.2) is 0 Å². The van der Waals surface area contributed by atoms with Crippen LogP contribution in [0.3, 0.4) is 0 Å². The first-order chi connectivity index (χ1) is 9.56. The van der Waals surface area contributed by atoms with Gasteiger partial charge in [-0.3, -0.25) is 15.1 Å². The molecule has 0 N–H and O–H groups in total. The van der Waals surface area contributed by atoms with E-state index in [1.54, 1.807) is 12.1 Å². The molecule has 0 amide bonds. The summed E-state index contributed by atoms with van der Waals surface area (Å²) in [5.41, 5.74) is -0.566. The first-order valence-corrected chi connectivity index (χ1v) is 5.37. The topological polar surface area (TPSA) is 74.5 Å². The quantitative estimate of drug-likeness (QED) is 0.620. The SMILES string of the molecule is O=[N+]([O-])c1ccc(Oc2cccnc2)cc1OC(F)F. The third-order valence-corrected chi connectivity index (χ3v) is 2.21. The first kappa shape index (κ1) is 13.7. The van der Waals surface area contributed by atoms with Crippen molar-refractivity contribution in [2.75, 3.05) is 0 Å². The van der Waals surface area contributed by atoms with E-state index in [1.165, 1.54) is 18.5 Å². The molecule has 1 aromatic heterocycles. The van der Waals surface area contributed by atoms with Crippen molar-refractivity contribution in [3.05, 3.63) is 52.8 Å². The summed E-state index contributed by atoms with van der Waals surface area (Å²) in [6.45, 7) is -3.16. The average Bonchev–Trinajstić information content (AvgIpc) is 2.39. The lowest BCUT2D eigenvalue weighted by molar-refractivity contribution is -0.386. The number of pyridine rings is 1. The Morgan fingerprint density at radius 2 is 2.05 bits per heavy atom. The highest BCUT2D eigenvalue weighted by Gasteiger charge is 2.19. The van der Waals surface area contributed by atoms with Gasteiger partial charge in [-0.25, -0.2) is 0 Å². The van der Waals surface area contributed by atoms with Gasteiger partial charge in [0, 0.05) is 18.3 Å². The van der Waals surface area contributed by atoms with E-state index in [4.69, 9.17) is 4.74 Å². The van der Waals surface area contributed by atoms with Crippen molar-refractivity contribution in [3.63, 3.8) is 0 Å². The van der Waals surface area contributed by atoms with E-state index in [2.05, 4.69) is 9.72 Å². The molecule has 0 aliphatic carbocycles. The normalized spacial score (nSPS) is 10.3. The second-order valence-electron chi connectivity index (χ2n) is 3.56. The monoisotopic (exact) mass is 282 g/mol. The fourth-order valence-corrected chi connectivity index (χ4v) is 1.44. The second-order valence-corrected chi connectivity index (χ2v) is 3.56. The van der Waals surface area contributed by atoms with Gasteiger partial charge < -0.3 is 9.47 Å². The van der Waals surface area contributed by atoms with Crippen LogP contribution in [0, 0.1) is 10.1 Å². The molecule has 0 saturated carbocycles. The third-order valence-electron chi connectivity index (χ3n) is 2.21. The summed E-state index contributed by atoms with van der Waals surface area (Å²) in [7, 11) is 0. The van der Waals surface area contributed by atoms with Crippen molar-refractivity contribution in [1.82, 2.24) is 4.98 Å². The minimum Gasteiger partial charge on any atom is -0.456 e. The molecule has 0 saturated heterocycles. The van der Waals surface area contributed by atoms with Crippen LogP contribution in [0.4, 0.5) is 14.5 Å². The Bertz CT molecular complexity index is 608. The highest BCUT2D eigenvalue weighted by Crippen LogP contribution is 2.33. The number of nitrogens with zero attached hydrogens (tertiary/aromatic N) is 2. The lowest BCUT2D eigenvalue weighted by Gasteiger charge is -2.08. The van der Waals surface area contributed by atoms with E-state index >= 15 is 0 Å². The van der Waals surface area contributed by atoms with Gasteiger partial charge in [0.2, 0.25) is 5.75 Å². The molecule has 0 aliphatic rings. The van der Waals surface area contributed by atoms with Crippen molar-refractivity contribution < 1.29 is 23.2 Å². The average molecular weight is 282 g/mol. The summed E-state index contributed by atoms with van der Waals surface area (Å²) in [4.78, 5) is 13.7. The summed E-state index contributed by atoms with van der Waals surface area (Å²) < 4.78 is 33.9. The lowest BCUT2D eigenvalue weighted by Crippen LogP contribution is -2.04. The Labute approximate surface area is 111 Å². The molecule has 2 aromatic rings. The fraction of sp³-hybridized carbons (Fsp3) is 0.0833. The molecule has 2 rings (SSSR count). The van der Waals surface area contributed by atoms with E-state index in [1.807, 2.05) is 0 Å². The van der Waals surface area contributed by atoms with Crippen molar-refractivity contribution in [3.8, 4) is 17.2 Å². The molecule has 0 unspecified atom stereocenters. The maximum atomic E-state index is 12.2. The lowest BCUT2D eigenvalue weighted by atomic mass is 10.3. The molecule has 0 aliphatic heterocycles. The number of rotatable bonds is 5. The van der Waals surface area contributed by atoms with Crippen molar-refractivity contribution in [2.45, 2.75) is 6.61 Å². The van der Waals surface area contributed by atoms with Crippen LogP contribution in [-0.2, 0) is 0 Å². The highest BCUT2D eigenvalue weighted by molar-refractivity contribution is 5.51. The number of benzene rings is 1. The van der Waals surface area contributed by atoms with Crippen LogP contribution in [0.2, 0.25) is 0 Å². The van der Waals surface area contributed by atoms with Crippen molar-refractivity contribution in [1.29, 1.82) is 0 Å². The standard InChI is InChI=1S/C12H8F2N2O4/c13-12(14)20-11-6-8(3-4-10(11)16(17)18)19-9-2-1-5-15-7-9/h1-7,12H. The minimum atomic E-state index is -3.16. The summed E-state index contributed by atoms with van der Waals surface area (Å²) in [5.74, 6) is -0.0741. The highest BCUT2D eigenvalue weighted by atomic mass is 19.3. The zero-order chi connectivity index (χ0) is 14.5. The van der Waals surface area contributed by atoms with Crippen LogP contribution in [-0.4, -0.2) is 16.5 Å². The Morgan fingerprint density at radius 1 is 1.25 bits per heavy atom. The molecule has 0 bridgehead atoms. The molecular formula is C12H8F2N2O4. The van der Waals surface area contributed by atoms with Gasteiger partial charge in [-0.15, -0.1) is 0 Å². The van der Waals surface area contributed by atoms with E-state index < -0.39 is 23.0 Å². The Morgan fingerprint density at radius 3 is 2.65 bits per heavy atom. The van der Waals surface area contributed by atoms with Crippen LogP contribution in [0.5, 0.6) is 17.2 Å².